The lowest BCUT2D eigenvalue weighted by atomic mass is 9.93. The molecule has 0 fully saturated rings. The lowest BCUT2D eigenvalue weighted by Gasteiger charge is -2.18. The smallest absolute Gasteiger partial charge is 0.0650 e. The molecule has 0 saturated carbocycles. The maximum Gasteiger partial charge on any atom is 0.0650 e. The van der Waals surface area contributed by atoms with Crippen molar-refractivity contribution in [1.29, 1.82) is 0 Å². The summed E-state index contributed by atoms with van der Waals surface area (Å²) in [6, 6.07) is 2.46. The molecule has 2 unspecified atom stereocenters. The maximum atomic E-state index is 10.1. The van der Waals surface area contributed by atoms with Crippen LogP contribution in [0.4, 0.5) is 0 Å². The van der Waals surface area contributed by atoms with E-state index in [0.29, 0.717) is 18.4 Å². The van der Waals surface area contributed by atoms with Gasteiger partial charge in [-0.1, -0.05) is 33.6 Å². The molecule has 0 amide bonds. The quantitative estimate of drug-likeness (QED) is 0.792. The highest BCUT2D eigenvalue weighted by Gasteiger charge is 2.17. The van der Waals surface area contributed by atoms with Crippen LogP contribution in [-0.2, 0) is 6.42 Å². The fourth-order valence-electron chi connectivity index (χ4n) is 2.13. The Kier molecular flexibility index (Phi) is 5.69. The van der Waals surface area contributed by atoms with Gasteiger partial charge in [0.25, 0.3) is 0 Å². The summed E-state index contributed by atoms with van der Waals surface area (Å²) in [7, 11) is 0. The summed E-state index contributed by atoms with van der Waals surface area (Å²) in [5.74, 6) is 0.392. The minimum atomic E-state index is -0.259. The summed E-state index contributed by atoms with van der Waals surface area (Å²) in [5.41, 5.74) is 1.00. The van der Waals surface area contributed by atoms with Gasteiger partial charge in [0.1, 0.15) is 0 Å². The first-order valence-corrected chi connectivity index (χ1v) is 6.84. The van der Waals surface area contributed by atoms with Gasteiger partial charge in [-0.25, -0.2) is 0 Å². The van der Waals surface area contributed by atoms with Crippen molar-refractivity contribution in [1.82, 2.24) is 9.78 Å². The molecule has 0 aliphatic rings. The molecule has 0 radical (unpaired) electrons. The van der Waals surface area contributed by atoms with Gasteiger partial charge >= 0.3 is 0 Å². The normalized spacial score (nSPS) is 15.2. The van der Waals surface area contributed by atoms with E-state index in [4.69, 9.17) is 0 Å². The van der Waals surface area contributed by atoms with Crippen molar-refractivity contribution >= 4 is 0 Å². The Morgan fingerprint density at radius 1 is 1.24 bits per heavy atom. The maximum absolute atomic E-state index is 10.1. The van der Waals surface area contributed by atoms with Crippen molar-refractivity contribution in [2.24, 2.45) is 5.92 Å². The Bertz CT molecular complexity index is 318. The Balaban J connectivity index is 2.59. The molecule has 1 aromatic rings. The summed E-state index contributed by atoms with van der Waals surface area (Å²) in [6.45, 7) is 8.59. The van der Waals surface area contributed by atoms with Crippen molar-refractivity contribution in [3.05, 3.63) is 18.0 Å². The molecule has 0 saturated heterocycles. The van der Waals surface area contributed by atoms with Crippen LogP contribution < -0.4 is 0 Å². The molecule has 1 rings (SSSR count). The molecule has 0 aliphatic heterocycles. The van der Waals surface area contributed by atoms with E-state index >= 15 is 0 Å². The molecule has 0 bridgehead atoms. The van der Waals surface area contributed by atoms with Crippen LogP contribution in [-0.4, -0.2) is 21.0 Å². The fraction of sp³-hybridized carbons (Fsp3) is 0.786. The fourth-order valence-corrected chi connectivity index (χ4v) is 2.13. The monoisotopic (exact) mass is 238 g/mol. The standard InChI is InChI=1S/C14H26N2O/c1-5-11(4)16-9-8-13(15-16)10-14(17)12(6-2)7-3/h8-9,11-12,14,17H,5-7,10H2,1-4H3. The van der Waals surface area contributed by atoms with Gasteiger partial charge in [-0.2, -0.15) is 5.10 Å². The molecule has 1 aromatic heterocycles. The molecule has 98 valence electrons. The zero-order chi connectivity index (χ0) is 12.8. The molecular formula is C14H26N2O. The van der Waals surface area contributed by atoms with Gasteiger partial charge in [-0.15, -0.1) is 0 Å². The first-order chi connectivity index (χ1) is 8.12. The largest absolute Gasteiger partial charge is 0.392 e. The molecule has 1 N–H and O–H groups in total. The highest BCUT2D eigenvalue weighted by atomic mass is 16.3. The second-order valence-corrected chi connectivity index (χ2v) is 4.89. The molecule has 0 spiro atoms. The van der Waals surface area contributed by atoms with Crippen LogP contribution in [0.15, 0.2) is 12.3 Å². The first kappa shape index (κ1) is 14.2. The van der Waals surface area contributed by atoms with E-state index < -0.39 is 0 Å². The third kappa shape index (κ3) is 3.84. The van der Waals surface area contributed by atoms with E-state index in [2.05, 4.69) is 32.8 Å². The van der Waals surface area contributed by atoms with Crippen LogP contribution in [0, 0.1) is 5.92 Å². The molecule has 17 heavy (non-hydrogen) atoms. The zero-order valence-corrected chi connectivity index (χ0v) is 11.6. The summed E-state index contributed by atoms with van der Waals surface area (Å²) in [6.07, 6.45) is 5.58. The predicted molar refractivity (Wildman–Crippen MR) is 71.0 cm³/mol. The van der Waals surface area contributed by atoms with Crippen LogP contribution >= 0.6 is 0 Å². The lowest BCUT2D eigenvalue weighted by Crippen LogP contribution is -2.22. The average Bonchev–Trinajstić information content (AvgIpc) is 2.78. The first-order valence-electron chi connectivity index (χ1n) is 6.84. The van der Waals surface area contributed by atoms with Crippen LogP contribution in [0.5, 0.6) is 0 Å². The van der Waals surface area contributed by atoms with Gasteiger partial charge < -0.3 is 5.11 Å². The summed E-state index contributed by atoms with van der Waals surface area (Å²) in [5, 5.41) is 14.6. The summed E-state index contributed by atoms with van der Waals surface area (Å²) < 4.78 is 1.99. The zero-order valence-electron chi connectivity index (χ0n) is 11.6. The molecule has 2 atom stereocenters. The number of aliphatic hydroxyl groups is 1. The van der Waals surface area contributed by atoms with Crippen LogP contribution in [0.25, 0.3) is 0 Å². The molecule has 0 aliphatic carbocycles. The summed E-state index contributed by atoms with van der Waals surface area (Å²) >= 11 is 0. The van der Waals surface area contributed by atoms with Gasteiger partial charge in [-0.3, -0.25) is 4.68 Å². The van der Waals surface area contributed by atoms with E-state index in [1.807, 2.05) is 16.9 Å². The van der Waals surface area contributed by atoms with E-state index in [-0.39, 0.29) is 6.10 Å². The summed E-state index contributed by atoms with van der Waals surface area (Å²) in [4.78, 5) is 0. The molecule has 3 heteroatoms. The van der Waals surface area contributed by atoms with Crippen molar-refractivity contribution < 1.29 is 5.11 Å². The molecule has 1 heterocycles. The Morgan fingerprint density at radius 2 is 1.88 bits per heavy atom. The van der Waals surface area contributed by atoms with Crippen LogP contribution in [0.2, 0.25) is 0 Å². The number of aliphatic hydroxyl groups excluding tert-OH is 1. The topological polar surface area (TPSA) is 38.0 Å². The predicted octanol–water partition coefficient (Wildman–Crippen LogP) is 3.19. The molecular weight excluding hydrogens is 212 g/mol. The second kappa shape index (κ2) is 6.80. The van der Waals surface area contributed by atoms with Crippen LogP contribution in [0.1, 0.15) is 58.7 Å². The Hall–Kier alpha value is -0.830. The number of aromatic nitrogens is 2. The Morgan fingerprint density at radius 3 is 2.41 bits per heavy atom. The van der Waals surface area contributed by atoms with E-state index in [9.17, 15) is 5.11 Å². The molecule has 0 aromatic carbocycles. The van der Waals surface area contributed by atoms with Crippen LogP contribution in [0.3, 0.4) is 0 Å². The third-order valence-corrected chi connectivity index (χ3v) is 3.72. The number of rotatable bonds is 7. The average molecular weight is 238 g/mol. The highest BCUT2D eigenvalue weighted by molar-refractivity contribution is 5.01. The lowest BCUT2D eigenvalue weighted by molar-refractivity contribution is 0.102. The van der Waals surface area contributed by atoms with Crippen molar-refractivity contribution in [2.45, 2.75) is 65.5 Å². The Labute approximate surface area is 105 Å². The van der Waals surface area contributed by atoms with Gasteiger partial charge in [0.15, 0.2) is 0 Å². The number of hydrogen-bond donors (Lipinski definition) is 1. The minimum Gasteiger partial charge on any atom is -0.392 e. The van der Waals surface area contributed by atoms with Crippen molar-refractivity contribution in [3.63, 3.8) is 0 Å². The SMILES string of the molecule is CCC(CC)C(O)Cc1ccn(C(C)CC)n1. The molecule has 3 nitrogen and oxygen atoms in total. The highest BCUT2D eigenvalue weighted by Crippen LogP contribution is 2.17. The van der Waals surface area contributed by atoms with E-state index in [0.717, 1.165) is 25.0 Å². The second-order valence-electron chi connectivity index (χ2n) is 4.89. The van der Waals surface area contributed by atoms with Crippen molar-refractivity contribution in [2.75, 3.05) is 0 Å². The van der Waals surface area contributed by atoms with Gasteiger partial charge in [0.2, 0.25) is 0 Å². The number of hydrogen-bond acceptors (Lipinski definition) is 2. The van der Waals surface area contributed by atoms with Crippen molar-refractivity contribution in [3.8, 4) is 0 Å². The number of nitrogens with zero attached hydrogens (tertiary/aromatic N) is 2. The van der Waals surface area contributed by atoms with E-state index in [1.165, 1.54) is 0 Å². The van der Waals surface area contributed by atoms with E-state index in [1.54, 1.807) is 0 Å². The van der Waals surface area contributed by atoms with Gasteiger partial charge in [0.05, 0.1) is 11.8 Å². The third-order valence-electron chi connectivity index (χ3n) is 3.72. The van der Waals surface area contributed by atoms with Gasteiger partial charge in [0, 0.05) is 18.7 Å². The minimum absolute atomic E-state index is 0.259. The van der Waals surface area contributed by atoms with Gasteiger partial charge in [-0.05, 0) is 25.3 Å².